The summed E-state index contributed by atoms with van der Waals surface area (Å²) in [5, 5.41) is 3.37. The highest BCUT2D eigenvalue weighted by Crippen LogP contribution is 2.45. The molecule has 13 heteroatoms. The Kier molecular flexibility index (Phi) is 7.47. The smallest absolute Gasteiger partial charge is 0.351 e. The number of carbonyl (C=O) groups is 2. The molecule has 0 radical (unpaired) electrons. The van der Waals surface area contributed by atoms with Crippen molar-refractivity contribution in [1.82, 2.24) is 19.6 Å². The number of likely N-dealkylation sites (tertiary alicyclic amines) is 2. The predicted octanol–water partition coefficient (Wildman–Crippen LogP) is 4.92. The molecular weight excluding hydrogens is 583 g/mol. The molecule has 1 aromatic heterocycles. The molecule has 43 heavy (non-hydrogen) atoms. The summed E-state index contributed by atoms with van der Waals surface area (Å²) in [6, 6.07) is 12.2. The molecule has 2 unspecified atom stereocenters. The molecule has 3 aliphatic rings. The standard InChI is InChI=1S/C30H32F3N5O4S/c31-30(32,33)25-9-5-4-8-23(25)20-12-14-36(18-20)28(39)24-17-35-38(27(24)19-10-11-19)21-13-15-37(29(34)40)26(16-21)43(41,42)22-6-2-1-3-7-22/h1-9,17,19-21,26H,10-16,18H2,(H2,34,40)/t20?,21?,26-/m0/s1. The van der Waals surface area contributed by atoms with Gasteiger partial charge < -0.3 is 15.5 Å². The topological polar surface area (TPSA) is 119 Å². The van der Waals surface area contributed by atoms with Crippen molar-refractivity contribution in [2.45, 2.75) is 66.4 Å². The molecule has 3 fully saturated rings. The average molecular weight is 616 g/mol. The predicted molar refractivity (Wildman–Crippen MR) is 151 cm³/mol. The van der Waals surface area contributed by atoms with Crippen LogP contribution in [0.2, 0.25) is 0 Å². The number of urea groups is 1. The lowest BCUT2D eigenvalue weighted by Crippen LogP contribution is -2.52. The van der Waals surface area contributed by atoms with Crippen LogP contribution in [0.15, 0.2) is 65.7 Å². The lowest BCUT2D eigenvalue weighted by molar-refractivity contribution is -0.138. The lowest BCUT2D eigenvalue weighted by atomic mass is 9.93. The van der Waals surface area contributed by atoms with Crippen LogP contribution in [0, 0.1) is 0 Å². The molecular formula is C30H32F3N5O4S. The van der Waals surface area contributed by atoms with Gasteiger partial charge in [0.15, 0.2) is 9.84 Å². The summed E-state index contributed by atoms with van der Waals surface area (Å²) in [6.07, 6.45) is -0.429. The number of primary amides is 1. The molecule has 0 bridgehead atoms. The summed E-state index contributed by atoms with van der Waals surface area (Å²) in [4.78, 5) is 28.9. The molecule has 228 valence electrons. The summed E-state index contributed by atoms with van der Waals surface area (Å²) in [6.45, 7) is 0.589. The number of hydrogen-bond acceptors (Lipinski definition) is 5. The van der Waals surface area contributed by atoms with E-state index in [-0.39, 0.29) is 41.8 Å². The van der Waals surface area contributed by atoms with Crippen molar-refractivity contribution in [3.63, 3.8) is 0 Å². The molecule has 2 aliphatic heterocycles. The number of hydrogen-bond donors (Lipinski definition) is 1. The Morgan fingerprint density at radius 3 is 2.28 bits per heavy atom. The number of alkyl halides is 3. The van der Waals surface area contributed by atoms with E-state index in [0.717, 1.165) is 24.6 Å². The van der Waals surface area contributed by atoms with Crippen LogP contribution in [0.1, 0.15) is 77.2 Å². The van der Waals surface area contributed by atoms with Crippen molar-refractivity contribution in [2.75, 3.05) is 19.6 Å². The summed E-state index contributed by atoms with van der Waals surface area (Å²) in [5.41, 5.74) is 6.22. The Morgan fingerprint density at radius 2 is 1.60 bits per heavy atom. The second-order valence-electron chi connectivity index (χ2n) is 11.5. The van der Waals surface area contributed by atoms with Gasteiger partial charge in [-0.2, -0.15) is 18.3 Å². The average Bonchev–Trinajstić information content (AvgIpc) is 3.54. The summed E-state index contributed by atoms with van der Waals surface area (Å²) >= 11 is 0. The first-order valence-corrected chi connectivity index (χ1v) is 15.9. The number of aromatic nitrogens is 2. The van der Waals surface area contributed by atoms with Crippen LogP contribution in [0.3, 0.4) is 0 Å². The van der Waals surface area contributed by atoms with Gasteiger partial charge in [0.1, 0.15) is 5.37 Å². The molecule has 0 spiro atoms. The number of halogens is 3. The van der Waals surface area contributed by atoms with Crippen molar-refractivity contribution < 1.29 is 31.2 Å². The van der Waals surface area contributed by atoms with E-state index < -0.39 is 44.9 Å². The Labute approximate surface area is 247 Å². The van der Waals surface area contributed by atoms with Crippen LogP contribution in [0.4, 0.5) is 18.0 Å². The van der Waals surface area contributed by atoms with Gasteiger partial charge in [-0.1, -0.05) is 36.4 Å². The Balaban J connectivity index is 1.26. The van der Waals surface area contributed by atoms with Crippen LogP contribution in [-0.2, 0) is 16.0 Å². The van der Waals surface area contributed by atoms with Gasteiger partial charge in [-0.05, 0) is 49.4 Å². The number of carbonyl (C=O) groups excluding carboxylic acids is 2. The quantitative estimate of drug-likeness (QED) is 0.422. The number of nitrogens with two attached hydrogens (primary N) is 1. The number of piperidine rings is 1. The first-order chi connectivity index (χ1) is 20.5. The number of benzene rings is 2. The highest BCUT2D eigenvalue weighted by Gasteiger charge is 2.44. The minimum Gasteiger partial charge on any atom is -0.351 e. The molecule has 3 aromatic rings. The zero-order chi connectivity index (χ0) is 30.5. The van der Waals surface area contributed by atoms with E-state index in [1.807, 2.05) is 0 Å². The van der Waals surface area contributed by atoms with E-state index in [9.17, 15) is 31.2 Å². The highest BCUT2D eigenvalue weighted by molar-refractivity contribution is 7.92. The molecule has 3 amide bonds. The van der Waals surface area contributed by atoms with Crippen LogP contribution < -0.4 is 5.73 Å². The van der Waals surface area contributed by atoms with Gasteiger partial charge >= 0.3 is 12.2 Å². The zero-order valence-corrected chi connectivity index (χ0v) is 24.1. The first-order valence-electron chi connectivity index (χ1n) is 14.3. The molecule has 3 heterocycles. The maximum atomic E-state index is 13.8. The zero-order valence-electron chi connectivity index (χ0n) is 23.3. The normalized spacial score (nSPS) is 23.0. The number of rotatable bonds is 6. The summed E-state index contributed by atoms with van der Waals surface area (Å²) in [7, 11) is -3.96. The number of sulfone groups is 1. The van der Waals surface area contributed by atoms with Gasteiger partial charge in [0.25, 0.3) is 5.91 Å². The SMILES string of the molecule is NC(=O)N1CCC(n2ncc(C(=O)N3CCC(c4ccccc4C(F)(F)F)C3)c2C2CC2)C[C@@H]1S(=O)(=O)c1ccccc1. The van der Waals surface area contributed by atoms with Gasteiger partial charge in [0.05, 0.1) is 34.0 Å². The Bertz CT molecular complexity index is 1640. The van der Waals surface area contributed by atoms with Crippen molar-refractivity contribution in [1.29, 1.82) is 0 Å². The Morgan fingerprint density at radius 1 is 0.907 bits per heavy atom. The fourth-order valence-corrected chi connectivity index (χ4v) is 8.39. The molecule has 1 saturated carbocycles. The maximum absolute atomic E-state index is 13.8. The first kappa shape index (κ1) is 29.2. The van der Waals surface area contributed by atoms with E-state index in [0.29, 0.717) is 24.9 Å². The third-order valence-corrected chi connectivity index (χ3v) is 10.9. The third kappa shape index (κ3) is 5.50. The van der Waals surface area contributed by atoms with Crippen LogP contribution in [0.25, 0.3) is 0 Å². The van der Waals surface area contributed by atoms with E-state index in [2.05, 4.69) is 5.10 Å². The molecule has 2 aromatic carbocycles. The summed E-state index contributed by atoms with van der Waals surface area (Å²) in [5.74, 6) is -0.657. The van der Waals surface area contributed by atoms with Crippen LogP contribution in [-0.4, -0.2) is 64.9 Å². The molecule has 1 aliphatic carbocycles. The van der Waals surface area contributed by atoms with Crippen molar-refractivity contribution in [3.05, 3.63) is 83.2 Å². The number of nitrogens with zero attached hydrogens (tertiary/aromatic N) is 4. The minimum absolute atomic E-state index is 0.0508. The fraction of sp³-hybridized carbons (Fsp3) is 0.433. The third-order valence-electron chi connectivity index (χ3n) is 8.79. The van der Waals surface area contributed by atoms with Gasteiger partial charge in [-0.25, -0.2) is 13.2 Å². The van der Waals surface area contributed by atoms with Gasteiger partial charge in [0.2, 0.25) is 0 Å². The van der Waals surface area contributed by atoms with E-state index in [4.69, 9.17) is 5.73 Å². The van der Waals surface area contributed by atoms with E-state index in [1.165, 1.54) is 35.4 Å². The maximum Gasteiger partial charge on any atom is 0.416 e. The van der Waals surface area contributed by atoms with Crippen LogP contribution in [0.5, 0.6) is 0 Å². The molecule has 2 N–H and O–H groups in total. The molecule has 3 atom stereocenters. The number of amides is 3. The molecule has 9 nitrogen and oxygen atoms in total. The largest absolute Gasteiger partial charge is 0.416 e. The van der Waals surface area contributed by atoms with Crippen molar-refractivity contribution >= 4 is 21.8 Å². The fourth-order valence-electron chi connectivity index (χ4n) is 6.52. The lowest BCUT2D eigenvalue weighted by Gasteiger charge is -2.38. The second kappa shape index (κ2) is 11.0. The van der Waals surface area contributed by atoms with Gasteiger partial charge in [0, 0.05) is 37.9 Å². The summed E-state index contributed by atoms with van der Waals surface area (Å²) < 4.78 is 70.0. The van der Waals surface area contributed by atoms with Crippen molar-refractivity contribution in [3.8, 4) is 0 Å². The van der Waals surface area contributed by atoms with Gasteiger partial charge in [-0.15, -0.1) is 0 Å². The second-order valence-corrected chi connectivity index (χ2v) is 13.6. The van der Waals surface area contributed by atoms with Crippen LogP contribution >= 0.6 is 0 Å². The monoisotopic (exact) mass is 615 g/mol. The molecule has 6 rings (SSSR count). The molecule has 2 saturated heterocycles. The highest BCUT2D eigenvalue weighted by atomic mass is 32.2. The minimum atomic E-state index is -4.48. The van der Waals surface area contributed by atoms with E-state index in [1.54, 1.807) is 33.8 Å². The van der Waals surface area contributed by atoms with Crippen molar-refractivity contribution in [2.24, 2.45) is 5.73 Å². The van der Waals surface area contributed by atoms with Gasteiger partial charge in [-0.3, -0.25) is 9.48 Å². The van der Waals surface area contributed by atoms with E-state index >= 15 is 0 Å². The Hall–Kier alpha value is -3.87.